The molecule has 0 saturated carbocycles. The van der Waals surface area contributed by atoms with Gasteiger partial charge in [-0.3, -0.25) is 4.79 Å². The largest absolute Gasteiger partial charge is 0.299 e. The molecule has 0 aliphatic rings. The van der Waals surface area contributed by atoms with E-state index in [2.05, 4.69) is 6.92 Å². The van der Waals surface area contributed by atoms with Gasteiger partial charge in [-0.05, 0) is 20.3 Å². The lowest BCUT2D eigenvalue weighted by atomic mass is 9.81. The number of alkyl halides is 2. The van der Waals surface area contributed by atoms with Gasteiger partial charge in [0, 0.05) is 0 Å². The first kappa shape index (κ1) is 15.0. The van der Waals surface area contributed by atoms with E-state index in [0.29, 0.717) is 6.42 Å². The van der Waals surface area contributed by atoms with Crippen molar-refractivity contribution in [2.24, 2.45) is 5.41 Å². The van der Waals surface area contributed by atoms with E-state index in [4.69, 9.17) is 0 Å². The minimum atomic E-state index is -3.01. The lowest BCUT2D eigenvalue weighted by Gasteiger charge is -2.32. The van der Waals surface area contributed by atoms with Crippen molar-refractivity contribution >= 4 is 15.0 Å². The molecule has 0 N–H and O–H groups in total. The van der Waals surface area contributed by atoms with E-state index in [9.17, 15) is 13.6 Å². The van der Waals surface area contributed by atoms with Crippen LogP contribution in [-0.2, 0) is 4.79 Å². The van der Waals surface area contributed by atoms with Gasteiger partial charge in [0.2, 0.25) is 0 Å². The molecule has 90 valence electrons. The molecule has 0 aromatic carbocycles. The van der Waals surface area contributed by atoms with Crippen LogP contribution in [0.5, 0.6) is 0 Å². The molecule has 0 amide bonds. The van der Waals surface area contributed by atoms with E-state index >= 15 is 0 Å². The maximum absolute atomic E-state index is 13.3. The summed E-state index contributed by atoms with van der Waals surface area (Å²) in [5.74, 6) is -0.431. The molecule has 2 atom stereocenters. The van der Waals surface area contributed by atoms with Crippen molar-refractivity contribution in [3.05, 3.63) is 0 Å². The summed E-state index contributed by atoms with van der Waals surface area (Å²) >= 11 is 0. The number of carbonyl (C=O) groups is 1. The van der Waals surface area contributed by atoms with Gasteiger partial charge in [0.1, 0.15) is 5.78 Å². The van der Waals surface area contributed by atoms with Crippen LogP contribution in [-0.4, -0.2) is 11.4 Å². The van der Waals surface area contributed by atoms with E-state index in [0.717, 1.165) is 19.3 Å². The summed E-state index contributed by atoms with van der Waals surface area (Å²) in [4.78, 5) is 11.3. The van der Waals surface area contributed by atoms with Crippen LogP contribution in [0.3, 0.4) is 0 Å². The predicted molar refractivity (Wildman–Crippen MR) is 62.2 cm³/mol. The SMILES string of the molecule is CCCCCCC(C)(C(C)=O)C(F)(F)P. The van der Waals surface area contributed by atoms with E-state index in [1.807, 2.05) is 0 Å². The summed E-state index contributed by atoms with van der Waals surface area (Å²) in [6.07, 6.45) is 3.97. The number of ketones is 1. The van der Waals surface area contributed by atoms with Gasteiger partial charge in [0.05, 0.1) is 5.41 Å². The summed E-state index contributed by atoms with van der Waals surface area (Å²) in [6.45, 7) is 4.67. The van der Waals surface area contributed by atoms with Crippen molar-refractivity contribution in [2.45, 2.75) is 58.5 Å². The molecule has 0 radical (unpaired) electrons. The fourth-order valence-corrected chi connectivity index (χ4v) is 1.83. The Labute approximate surface area is 93.2 Å². The Morgan fingerprint density at radius 3 is 2.13 bits per heavy atom. The zero-order valence-electron chi connectivity index (χ0n) is 9.78. The van der Waals surface area contributed by atoms with E-state index in [-0.39, 0.29) is 6.42 Å². The molecule has 4 heteroatoms. The highest BCUT2D eigenvalue weighted by Gasteiger charge is 2.49. The van der Waals surface area contributed by atoms with E-state index in [1.165, 1.54) is 23.1 Å². The maximum Gasteiger partial charge on any atom is 0.270 e. The number of halogens is 2. The van der Waals surface area contributed by atoms with Crippen LogP contribution in [0.25, 0.3) is 0 Å². The zero-order valence-corrected chi connectivity index (χ0v) is 10.9. The van der Waals surface area contributed by atoms with Gasteiger partial charge >= 0.3 is 0 Å². The highest BCUT2D eigenvalue weighted by Crippen LogP contribution is 2.46. The molecule has 0 aliphatic heterocycles. The van der Waals surface area contributed by atoms with Crippen molar-refractivity contribution in [3.63, 3.8) is 0 Å². The molecule has 2 unspecified atom stereocenters. The lowest BCUT2D eigenvalue weighted by molar-refractivity contribution is -0.139. The van der Waals surface area contributed by atoms with Crippen molar-refractivity contribution in [1.29, 1.82) is 0 Å². The Morgan fingerprint density at radius 1 is 1.27 bits per heavy atom. The highest BCUT2D eigenvalue weighted by atomic mass is 31.0. The van der Waals surface area contributed by atoms with Gasteiger partial charge in [0.25, 0.3) is 5.66 Å². The van der Waals surface area contributed by atoms with Gasteiger partial charge < -0.3 is 0 Å². The Bertz CT molecular complexity index is 213. The highest BCUT2D eigenvalue weighted by molar-refractivity contribution is 7.18. The van der Waals surface area contributed by atoms with Crippen LogP contribution >= 0.6 is 9.24 Å². The van der Waals surface area contributed by atoms with Crippen LogP contribution in [0.4, 0.5) is 8.78 Å². The first-order valence-corrected chi connectivity index (χ1v) is 6.01. The molecule has 0 saturated heterocycles. The Kier molecular flexibility index (Phi) is 5.87. The predicted octanol–water partition coefficient (Wildman–Crippen LogP) is 4.02. The molecular formula is C11H21F2OP. The number of rotatable bonds is 7. The third kappa shape index (κ3) is 4.14. The van der Waals surface area contributed by atoms with Crippen molar-refractivity contribution in [1.82, 2.24) is 0 Å². The van der Waals surface area contributed by atoms with Gasteiger partial charge in [-0.2, -0.15) is 0 Å². The van der Waals surface area contributed by atoms with Crippen molar-refractivity contribution < 1.29 is 13.6 Å². The quantitative estimate of drug-likeness (QED) is 0.483. The number of hydrogen-bond donors (Lipinski definition) is 0. The van der Waals surface area contributed by atoms with Crippen LogP contribution in [0, 0.1) is 5.41 Å². The van der Waals surface area contributed by atoms with Crippen molar-refractivity contribution in [2.75, 3.05) is 0 Å². The van der Waals surface area contributed by atoms with E-state index in [1.54, 1.807) is 0 Å². The Morgan fingerprint density at radius 2 is 1.80 bits per heavy atom. The van der Waals surface area contributed by atoms with Gasteiger partial charge in [-0.15, -0.1) is 0 Å². The number of Topliss-reactive ketones (excluding diaryl/α,β-unsaturated/α-hetero) is 1. The summed E-state index contributed by atoms with van der Waals surface area (Å²) in [5.41, 5.74) is -4.53. The summed E-state index contributed by atoms with van der Waals surface area (Å²) in [7, 11) is 1.50. The molecule has 0 aromatic heterocycles. The fourth-order valence-electron chi connectivity index (χ4n) is 1.48. The third-order valence-electron chi connectivity index (χ3n) is 3.04. The smallest absolute Gasteiger partial charge is 0.270 e. The molecule has 0 spiro atoms. The Hall–Kier alpha value is -0.0400. The third-order valence-corrected chi connectivity index (χ3v) is 3.68. The fraction of sp³-hybridized carbons (Fsp3) is 0.909. The summed E-state index contributed by atoms with van der Waals surface area (Å²) < 4.78 is 26.5. The first-order valence-electron chi connectivity index (χ1n) is 5.43. The van der Waals surface area contributed by atoms with Crippen LogP contribution < -0.4 is 0 Å². The second-order valence-corrected chi connectivity index (χ2v) is 5.05. The topological polar surface area (TPSA) is 17.1 Å². The molecule has 0 bridgehead atoms. The number of carbonyl (C=O) groups excluding carboxylic acids is 1. The molecule has 15 heavy (non-hydrogen) atoms. The van der Waals surface area contributed by atoms with Crippen LogP contribution in [0.2, 0.25) is 0 Å². The van der Waals surface area contributed by atoms with Gasteiger partial charge in [0.15, 0.2) is 0 Å². The molecule has 0 fully saturated rings. The van der Waals surface area contributed by atoms with Gasteiger partial charge in [-0.25, -0.2) is 8.78 Å². The molecule has 0 rings (SSSR count). The molecule has 0 heterocycles. The van der Waals surface area contributed by atoms with Gasteiger partial charge in [-0.1, -0.05) is 41.8 Å². The standard InChI is InChI=1S/C11H21F2OP/c1-4-5-6-7-8-10(3,9(2)14)11(12,13)15/h4-8,15H2,1-3H3. The average Bonchev–Trinajstić information content (AvgIpc) is 2.09. The zero-order chi connectivity index (χ0) is 12.1. The molecule has 1 nitrogen and oxygen atoms in total. The van der Waals surface area contributed by atoms with Crippen LogP contribution in [0.15, 0.2) is 0 Å². The Balaban J connectivity index is 4.35. The number of unbranched alkanes of at least 4 members (excludes halogenated alkanes) is 3. The second-order valence-electron chi connectivity index (χ2n) is 4.32. The molecule has 0 aromatic rings. The summed E-state index contributed by atoms with van der Waals surface area (Å²) in [6, 6.07) is 0. The maximum atomic E-state index is 13.3. The minimum Gasteiger partial charge on any atom is -0.299 e. The monoisotopic (exact) mass is 238 g/mol. The lowest BCUT2D eigenvalue weighted by Crippen LogP contribution is -2.40. The van der Waals surface area contributed by atoms with Crippen molar-refractivity contribution in [3.8, 4) is 0 Å². The second kappa shape index (κ2) is 5.89. The minimum absolute atomic E-state index is 0.263. The number of hydrogen-bond acceptors (Lipinski definition) is 1. The molecule has 0 aliphatic carbocycles. The summed E-state index contributed by atoms with van der Waals surface area (Å²) in [5, 5.41) is 0. The van der Waals surface area contributed by atoms with E-state index < -0.39 is 16.9 Å². The first-order chi connectivity index (χ1) is 6.75. The normalized spacial score (nSPS) is 16.1. The van der Waals surface area contributed by atoms with Crippen LogP contribution in [0.1, 0.15) is 52.9 Å². The molecular weight excluding hydrogens is 217 g/mol. The average molecular weight is 238 g/mol.